The first kappa shape index (κ1) is 22.0. The molecule has 0 saturated heterocycles. The molecule has 4 rings (SSSR count). The number of hydrogen-bond acceptors (Lipinski definition) is 4. The summed E-state index contributed by atoms with van der Waals surface area (Å²) in [6, 6.07) is 24.3. The number of benzene rings is 3. The van der Waals surface area contributed by atoms with Crippen molar-refractivity contribution < 1.29 is 14.4 Å². The highest BCUT2D eigenvalue weighted by Crippen LogP contribution is 2.31. The van der Waals surface area contributed by atoms with Crippen LogP contribution in [0.2, 0.25) is 0 Å². The van der Waals surface area contributed by atoms with Gasteiger partial charge in [-0.2, -0.15) is 0 Å². The molecule has 2 N–H and O–H groups in total. The topological polar surface area (TPSA) is 78.5 Å². The van der Waals surface area contributed by atoms with Crippen LogP contribution in [0.25, 0.3) is 5.57 Å². The molecule has 6 nitrogen and oxygen atoms in total. The minimum Gasteiger partial charge on any atom is -0.350 e. The lowest BCUT2D eigenvalue weighted by atomic mass is 10.0. The summed E-state index contributed by atoms with van der Waals surface area (Å²) in [6.45, 7) is 3.69. The van der Waals surface area contributed by atoms with E-state index in [1.165, 1.54) is 11.8 Å². The second kappa shape index (κ2) is 9.53. The van der Waals surface area contributed by atoms with Crippen LogP contribution in [0.1, 0.15) is 23.6 Å². The molecular formula is C27H25N3O3. The van der Waals surface area contributed by atoms with Gasteiger partial charge in [-0.05, 0) is 54.3 Å². The zero-order chi connectivity index (χ0) is 23.4. The highest BCUT2D eigenvalue weighted by molar-refractivity contribution is 6.36. The quantitative estimate of drug-likeness (QED) is 0.535. The molecule has 166 valence electrons. The van der Waals surface area contributed by atoms with E-state index >= 15 is 0 Å². The van der Waals surface area contributed by atoms with E-state index in [0.29, 0.717) is 23.2 Å². The van der Waals surface area contributed by atoms with Crippen LogP contribution >= 0.6 is 0 Å². The van der Waals surface area contributed by atoms with Gasteiger partial charge in [0.2, 0.25) is 5.91 Å². The van der Waals surface area contributed by atoms with Crippen LogP contribution in [-0.4, -0.2) is 29.2 Å². The Morgan fingerprint density at radius 1 is 0.848 bits per heavy atom. The summed E-state index contributed by atoms with van der Waals surface area (Å²) >= 11 is 0. The summed E-state index contributed by atoms with van der Waals surface area (Å²) in [5, 5.41) is 5.90. The summed E-state index contributed by atoms with van der Waals surface area (Å²) in [5.41, 5.74) is 4.65. The lowest BCUT2D eigenvalue weighted by molar-refractivity contribution is -0.136. The van der Waals surface area contributed by atoms with E-state index in [4.69, 9.17) is 0 Å². The maximum Gasteiger partial charge on any atom is 0.278 e. The zero-order valence-electron chi connectivity index (χ0n) is 18.6. The van der Waals surface area contributed by atoms with Crippen molar-refractivity contribution in [3.63, 3.8) is 0 Å². The van der Waals surface area contributed by atoms with Gasteiger partial charge in [0.1, 0.15) is 5.70 Å². The number of anilines is 2. The fraction of sp³-hybridized carbons (Fsp3) is 0.148. The third-order valence-corrected chi connectivity index (χ3v) is 5.42. The Hall–Kier alpha value is -4.19. The van der Waals surface area contributed by atoms with Gasteiger partial charge in [0.05, 0.1) is 5.57 Å². The molecule has 3 amide bonds. The number of rotatable bonds is 7. The molecular weight excluding hydrogens is 414 g/mol. The third kappa shape index (κ3) is 5.01. The number of aryl methyl sites for hydroxylation is 1. The van der Waals surface area contributed by atoms with Crippen LogP contribution < -0.4 is 10.6 Å². The average molecular weight is 440 g/mol. The minimum absolute atomic E-state index is 0.178. The first-order valence-electron chi connectivity index (χ1n) is 10.8. The summed E-state index contributed by atoms with van der Waals surface area (Å²) in [5.74, 6) is -0.861. The highest BCUT2D eigenvalue weighted by atomic mass is 16.2. The Balaban J connectivity index is 1.66. The fourth-order valence-electron chi connectivity index (χ4n) is 3.84. The smallest absolute Gasteiger partial charge is 0.278 e. The van der Waals surface area contributed by atoms with E-state index in [1.54, 1.807) is 24.3 Å². The van der Waals surface area contributed by atoms with Crippen molar-refractivity contribution >= 4 is 34.7 Å². The normalized spacial score (nSPS) is 13.5. The minimum atomic E-state index is -0.349. The van der Waals surface area contributed by atoms with Gasteiger partial charge in [-0.15, -0.1) is 0 Å². The monoisotopic (exact) mass is 439 g/mol. The first-order valence-corrected chi connectivity index (χ1v) is 10.8. The van der Waals surface area contributed by atoms with Crippen molar-refractivity contribution in [3.8, 4) is 0 Å². The molecule has 0 radical (unpaired) electrons. The first-order chi connectivity index (χ1) is 15.9. The molecule has 0 atom stereocenters. The summed E-state index contributed by atoms with van der Waals surface area (Å²) in [7, 11) is 0. The maximum atomic E-state index is 13.4. The van der Waals surface area contributed by atoms with Gasteiger partial charge in [-0.3, -0.25) is 19.3 Å². The standard InChI is InChI=1S/C27H25N3O3/c1-18-7-6-10-23(17-18)29-25-24(21-11-13-22(14-12-21)28-19(2)31)26(32)30(27(25)33)16-15-20-8-4-3-5-9-20/h3-14,17,29H,15-16H2,1-2H3,(H,28,31). The molecule has 3 aromatic carbocycles. The van der Waals surface area contributed by atoms with Gasteiger partial charge in [-0.25, -0.2) is 0 Å². The van der Waals surface area contributed by atoms with Crippen LogP contribution in [-0.2, 0) is 20.8 Å². The van der Waals surface area contributed by atoms with Gasteiger partial charge in [-0.1, -0.05) is 54.6 Å². The molecule has 1 aliphatic rings. The Kier molecular flexibility index (Phi) is 6.36. The number of carbonyl (C=O) groups excluding carboxylic acids is 3. The van der Waals surface area contributed by atoms with Crippen molar-refractivity contribution in [2.75, 3.05) is 17.2 Å². The predicted octanol–water partition coefficient (Wildman–Crippen LogP) is 4.39. The summed E-state index contributed by atoms with van der Waals surface area (Å²) < 4.78 is 0. The fourth-order valence-corrected chi connectivity index (χ4v) is 3.84. The van der Waals surface area contributed by atoms with Gasteiger partial charge < -0.3 is 10.6 Å². The molecule has 6 heteroatoms. The third-order valence-electron chi connectivity index (χ3n) is 5.42. The Bertz CT molecular complexity index is 1230. The highest BCUT2D eigenvalue weighted by Gasteiger charge is 2.38. The van der Waals surface area contributed by atoms with E-state index in [2.05, 4.69) is 10.6 Å². The van der Waals surface area contributed by atoms with E-state index in [-0.39, 0.29) is 30.0 Å². The van der Waals surface area contributed by atoms with Gasteiger partial charge >= 0.3 is 0 Å². The molecule has 0 fully saturated rings. The second-order valence-electron chi connectivity index (χ2n) is 8.00. The van der Waals surface area contributed by atoms with Crippen LogP contribution in [0.3, 0.4) is 0 Å². The second-order valence-corrected chi connectivity index (χ2v) is 8.00. The Morgan fingerprint density at radius 2 is 1.58 bits per heavy atom. The summed E-state index contributed by atoms with van der Waals surface area (Å²) in [6.07, 6.45) is 0.574. The molecule has 1 heterocycles. The number of hydrogen-bond donors (Lipinski definition) is 2. The van der Waals surface area contributed by atoms with Gasteiger partial charge in [0.25, 0.3) is 11.8 Å². The molecule has 0 spiro atoms. The maximum absolute atomic E-state index is 13.4. The van der Waals surface area contributed by atoms with Crippen LogP contribution in [0.5, 0.6) is 0 Å². The number of nitrogens with zero attached hydrogens (tertiary/aromatic N) is 1. The number of amides is 3. The van der Waals surface area contributed by atoms with Crippen molar-refractivity contribution in [1.82, 2.24) is 4.90 Å². The zero-order valence-corrected chi connectivity index (χ0v) is 18.6. The lowest BCUT2D eigenvalue weighted by Crippen LogP contribution is -2.34. The van der Waals surface area contributed by atoms with Crippen molar-refractivity contribution in [1.29, 1.82) is 0 Å². The van der Waals surface area contributed by atoms with Crippen LogP contribution in [0.4, 0.5) is 11.4 Å². The SMILES string of the molecule is CC(=O)Nc1ccc(C2=C(Nc3cccc(C)c3)C(=O)N(CCc3ccccc3)C2=O)cc1. The van der Waals surface area contributed by atoms with Gasteiger partial charge in [0, 0.05) is 24.8 Å². The van der Waals surface area contributed by atoms with Crippen molar-refractivity contribution in [2.24, 2.45) is 0 Å². The average Bonchev–Trinajstić information content (AvgIpc) is 3.02. The Morgan fingerprint density at radius 3 is 2.24 bits per heavy atom. The van der Waals surface area contributed by atoms with Crippen molar-refractivity contribution in [2.45, 2.75) is 20.3 Å². The molecule has 3 aromatic rings. The summed E-state index contributed by atoms with van der Waals surface area (Å²) in [4.78, 5) is 39.4. The van der Waals surface area contributed by atoms with E-state index < -0.39 is 0 Å². The van der Waals surface area contributed by atoms with Crippen LogP contribution in [0, 0.1) is 6.92 Å². The molecule has 1 aliphatic heterocycles. The number of nitrogens with one attached hydrogen (secondary N) is 2. The van der Waals surface area contributed by atoms with Crippen LogP contribution in [0.15, 0.2) is 84.6 Å². The van der Waals surface area contributed by atoms with Crippen molar-refractivity contribution in [3.05, 3.63) is 101 Å². The number of carbonyl (C=O) groups is 3. The van der Waals surface area contributed by atoms with E-state index in [1.807, 2.05) is 61.5 Å². The Labute approximate surface area is 192 Å². The molecule has 33 heavy (non-hydrogen) atoms. The van der Waals surface area contributed by atoms with E-state index in [9.17, 15) is 14.4 Å². The number of imide groups is 1. The molecule has 0 aliphatic carbocycles. The molecule has 0 saturated carbocycles. The molecule has 0 unspecified atom stereocenters. The largest absolute Gasteiger partial charge is 0.350 e. The molecule has 0 aromatic heterocycles. The molecule has 0 bridgehead atoms. The predicted molar refractivity (Wildman–Crippen MR) is 129 cm³/mol. The van der Waals surface area contributed by atoms with Gasteiger partial charge in [0.15, 0.2) is 0 Å². The lowest BCUT2D eigenvalue weighted by Gasteiger charge is -2.15. The van der Waals surface area contributed by atoms with E-state index in [0.717, 1.165) is 16.8 Å².